The average molecular weight is 202 g/mol. The molecule has 0 bridgehead atoms. The van der Waals surface area contributed by atoms with Crippen LogP contribution >= 0.6 is 0 Å². The monoisotopic (exact) mass is 202 g/mol. The van der Waals surface area contributed by atoms with E-state index < -0.39 is 0 Å². The van der Waals surface area contributed by atoms with E-state index in [4.69, 9.17) is 0 Å². The Labute approximate surface area is 93.8 Å². The molecule has 90 valence electrons. The van der Waals surface area contributed by atoms with Gasteiger partial charge >= 0.3 is 0 Å². The van der Waals surface area contributed by atoms with Gasteiger partial charge < -0.3 is 0 Å². The molecule has 0 fully saturated rings. The van der Waals surface area contributed by atoms with E-state index in [1.54, 1.807) is 6.08 Å². The van der Waals surface area contributed by atoms with Crippen LogP contribution in [0.3, 0.4) is 0 Å². The van der Waals surface area contributed by atoms with Gasteiger partial charge in [-0.05, 0) is 12.8 Å². The minimum Gasteiger partial charge on any atom is -0.103 e. The molecule has 14 heavy (non-hydrogen) atoms. The average Bonchev–Trinajstić information content (AvgIpc) is 2.06. The van der Waals surface area contributed by atoms with Gasteiger partial charge in [-0.2, -0.15) is 0 Å². The van der Waals surface area contributed by atoms with Crippen molar-refractivity contribution in [3.05, 3.63) is 12.7 Å². The minimum atomic E-state index is 0.833. The first-order valence-electron chi connectivity index (χ1n) is 6.05. The van der Waals surface area contributed by atoms with Crippen molar-refractivity contribution in [2.75, 3.05) is 0 Å². The SMILES string of the molecule is C=CC.CC(C)C.CCC.CCCC. The maximum atomic E-state index is 3.36. The van der Waals surface area contributed by atoms with E-state index in [1.165, 1.54) is 19.3 Å². The molecule has 0 aromatic rings. The molecule has 0 saturated heterocycles. The summed E-state index contributed by atoms with van der Waals surface area (Å²) in [5.74, 6) is 0.833. The highest BCUT2D eigenvalue weighted by Gasteiger charge is 1.68. The highest BCUT2D eigenvalue weighted by Crippen LogP contribution is 1.81. The third kappa shape index (κ3) is 2470. The number of hydrogen-bond acceptors (Lipinski definition) is 0. The molecule has 0 amide bonds. The van der Waals surface area contributed by atoms with Gasteiger partial charge in [-0.3, -0.25) is 0 Å². The van der Waals surface area contributed by atoms with Crippen molar-refractivity contribution >= 4 is 0 Å². The standard InChI is InChI=1S/2C4H10.C3H8.C3H6/c1-4(2)3;1-3-4-2;2*1-3-2/h4H,1-3H3;3-4H2,1-2H3;3H2,1-2H3;3H,1H2,2H3. The summed E-state index contributed by atoms with van der Waals surface area (Å²) in [4.78, 5) is 0. The Morgan fingerprint density at radius 3 is 1.00 bits per heavy atom. The Morgan fingerprint density at radius 2 is 1.00 bits per heavy atom. The Morgan fingerprint density at radius 1 is 0.929 bits per heavy atom. The predicted octanol–water partition coefficient (Wildman–Crippen LogP) is 6.08. The fourth-order valence-electron chi connectivity index (χ4n) is 0. The number of unbranched alkanes of at least 4 members (excludes halogenated alkanes) is 1. The summed E-state index contributed by atoms with van der Waals surface area (Å²) < 4.78 is 0. The molecule has 0 nitrogen and oxygen atoms in total. The smallest absolute Gasteiger partial charge is 0.0473 e. The van der Waals surface area contributed by atoms with Gasteiger partial charge in [0.25, 0.3) is 0 Å². The maximum absolute atomic E-state index is 3.36. The summed E-state index contributed by atoms with van der Waals surface area (Å²) in [6, 6.07) is 0. The summed E-state index contributed by atoms with van der Waals surface area (Å²) >= 11 is 0. The van der Waals surface area contributed by atoms with Crippen molar-refractivity contribution in [3.8, 4) is 0 Å². The van der Waals surface area contributed by atoms with Crippen molar-refractivity contribution < 1.29 is 0 Å². The van der Waals surface area contributed by atoms with Gasteiger partial charge in [0.05, 0.1) is 0 Å². The third-order valence-electron chi connectivity index (χ3n) is 0.500. The van der Waals surface area contributed by atoms with Crippen LogP contribution in [0.4, 0.5) is 0 Å². The van der Waals surface area contributed by atoms with Crippen molar-refractivity contribution in [2.45, 2.75) is 74.7 Å². The van der Waals surface area contributed by atoms with E-state index in [-0.39, 0.29) is 0 Å². The molecular formula is C14H34. The van der Waals surface area contributed by atoms with Crippen molar-refractivity contribution in [2.24, 2.45) is 5.92 Å². The Balaban J connectivity index is -0.0000000482. The number of allylic oxidation sites excluding steroid dienone is 1. The first-order chi connectivity index (χ1) is 6.47. The Hall–Kier alpha value is -0.260. The van der Waals surface area contributed by atoms with Crippen LogP contribution in [0.1, 0.15) is 74.7 Å². The summed E-state index contributed by atoms with van der Waals surface area (Å²) in [5, 5.41) is 0. The summed E-state index contributed by atoms with van der Waals surface area (Å²) in [6.07, 6.45) is 5.64. The summed E-state index contributed by atoms with van der Waals surface area (Å²) in [7, 11) is 0. The van der Waals surface area contributed by atoms with Gasteiger partial charge in [0.1, 0.15) is 0 Å². The molecule has 0 radical (unpaired) electrons. The lowest BCUT2D eigenvalue weighted by Gasteiger charge is -1.79. The van der Waals surface area contributed by atoms with Gasteiger partial charge in [-0.15, -0.1) is 6.58 Å². The van der Waals surface area contributed by atoms with E-state index in [0.29, 0.717) is 0 Å². The lowest BCUT2D eigenvalue weighted by Crippen LogP contribution is -1.66. The highest BCUT2D eigenvalue weighted by atomic mass is 13.7. The van der Waals surface area contributed by atoms with Crippen LogP contribution in [-0.4, -0.2) is 0 Å². The first-order valence-corrected chi connectivity index (χ1v) is 6.05. The molecule has 0 spiro atoms. The second-order valence-electron chi connectivity index (χ2n) is 3.85. The lowest BCUT2D eigenvalue weighted by molar-refractivity contribution is 0.737. The largest absolute Gasteiger partial charge is 0.103 e. The Kier molecular flexibility index (Phi) is 64.9. The quantitative estimate of drug-likeness (QED) is 0.452. The van der Waals surface area contributed by atoms with E-state index in [2.05, 4.69) is 55.0 Å². The van der Waals surface area contributed by atoms with Crippen LogP contribution in [0, 0.1) is 5.92 Å². The molecule has 0 aromatic carbocycles. The molecule has 0 aliphatic carbocycles. The Bertz CT molecular complexity index is 48.3. The zero-order chi connectivity index (χ0) is 12.4. The van der Waals surface area contributed by atoms with Crippen LogP contribution in [0.5, 0.6) is 0 Å². The molecule has 0 atom stereocenters. The molecule has 0 aromatic heterocycles. The molecule has 0 saturated carbocycles. The molecule has 0 rings (SSSR count). The molecule has 0 heterocycles. The molecule has 0 heteroatoms. The van der Waals surface area contributed by atoms with E-state index in [1.807, 2.05) is 6.92 Å². The molecule has 0 aliphatic rings. The van der Waals surface area contributed by atoms with Crippen LogP contribution in [0.25, 0.3) is 0 Å². The van der Waals surface area contributed by atoms with Gasteiger partial charge in [0.2, 0.25) is 0 Å². The second-order valence-corrected chi connectivity index (χ2v) is 3.85. The third-order valence-corrected chi connectivity index (χ3v) is 0.500. The molecule has 0 unspecified atom stereocenters. The molecule has 0 aliphatic heterocycles. The normalized spacial score (nSPS) is 6.93. The van der Waals surface area contributed by atoms with E-state index >= 15 is 0 Å². The van der Waals surface area contributed by atoms with Crippen LogP contribution < -0.4 is 0 Å². The molecule has 0 N–H and O–H groups in total. The van der Waals surface area contributed by atoms with Gasteiger partial charge in [-0.1, -0.05) is 73.8 Å². The van der Waals surface area contributed by atoms with Crippen molar-refractivity contribution in [1.82, 2.24) is 0 Å². The van der Waals surface area contributed by atoms with Gasteiger partial charge in [0, 0.05) is 0 Å². The molecular weight excluding hydrogens is 168 g/mol. The zero-order valence-electron chi connectivity index (χ0n) is 12.0. The minimum absolute atomic E-state index is 0.833. The number of rotatable bonds is 1. The lowest BCUT2D eigenvalue weighted by atomic mass is 10.3. The second kappa shape index (κ2) is 38.7. The fourth-order valence-corrected chi connectivity index (χ4v) is 0. The highest BCUT2D eigenvalue weighted by molar-refractivity contribution is 4.51. The van der Waals surface area contributed by atoms with E-state index in [0.717, 1.165) is 5.92 Å². The van der Waals surface area contributed by atoms with Crippen LogP contribution in [0.15, 0.2) is 12.7 Å². The number of hydrogen-bond donors (Lipinski definition) is 0. The fraction of sp³-hybridized carbons (Fsp3) is 0.857. The summed E-state index contributed by atoms with van der Waals surface area (Å²) in [5.41, 5.74) is 0. The summed E-state index contributed by atoms with van der Waals surface area (Å²) in [6.45, 7) is 20.4. The predicted molar refractivity (Wildman–Crippen MR) is 72.9 cm³/mol. The van der Waals surface area contributed by atoms with Crippen LogP contribution in [0.2, 0.25) is 0 Å². The maximum Gasteiger partial charge on any atom is -0.0473 e. The zero-order valence-corrected chi connectivity index (χ0v) is 12.0. The first kappa shape index (κ1) is 23.5. The van der Waals surface area contributed by atoms with Gasteiger partial charge in [-0.25, -0.2) is 0 Å². The van der Waals surface area contributed by atoms with Crippen LogP contribution in [-0.2, 0) is 0 Å². The van der Waals surface area contributed by atoms with E-state index in [9.17, 15) is 0 Å². The van der Waals surface area contributed by atoms with Crippen molar-refractivity contribution in [1.29, 1.82) is 0 Å². The van der Waals surface area contributed by atoms with Crippen molar-refractivity contribution in [3.63, 3.8) is 0 Å². The van der Waals surface area contributed by atoms with Gasteiger partial charge in [0.15, 0.2) is 0 Å². The topological polar surface area (TPSA) is 0 Å².